The molecule has 0 spiro atoms. The summed E-state index contributed by atoms with van der Waals surface area (Å²) in [6, 6.07) is 8.18. The van der Waals surface area contributed by atoms with Gasteiger partial charge in [-0.2, -0.15) is 48.6 Å². The van der Waals surface area contributed by atoms with Crippen LogP contribution in [0.1, 0.15) is 0 Å². The summed E-state index contributed by atoms with van der Waals surface area (Å²) in [5.74, 6) is -0.672. The molecule has 4 aromatic carbocycles. The molecule has 1 heterocycles. The molecular formula is C29H25N13O15S4. The maximum Gasteiger partial charge on any atom is 0.320 e. The van der Waals surface area contributed by atoms with Gasteiger partial charge in [-0.25, -0.2) is 9.59 Å². The normalized spacial score (nSPS) is 12.3. The van der Waals surface area contributed by atoms with Crippen LogP contribution in [0.4, 0.5) is 67.0 Å². The fourth-order valence-corrected chi connectivity index (χ4v) is 6.94. The van der Waals surface area contributed by atoms with Crippen LogP contribution < -0.4 is 32.7 Å². The van der Waals surface area contributed by atoms with Crippen LogP contribution in [0.25, 0.3) is 0 Å². The van der Waals surface area contributed by atoms with Gasteiger partial charge >= 0.3 is 18.1 Å². The quantitative estimate of drug-likeness (QED) is 0.0556. The lowest BCUT2D eigenvalue weighted by Gasteiger charge is -2.12. The number of hydrogen-bond donors (Lipinski definition) is 11. The molecule has 0 saturated heterocycles. The smallest absolute Gasteiger partial charge is 0.320 e. The molecule has 0 unspecified atom stereocenters. The Morgan fingerprint density at radius 3 is 1.18 bits per heavy atom. The Hall–Kier alpha value is -7.33. The Kier molecular flexibility index (Phi) is 12.6. The number of nitrogens with zero attached hydrogens (tertiary/aromatic N) is 7. The van der Waals surface area contributed by atoms with E-state index in [4.69, 9.17) is 11.5 Å². The highest BCUT2D eigenvalue weighted by Gasteiger charge is 2.22. The van der Waals surface area contributed by atoms with Gasteiger partial charge in [-0.05, 0) is 72.8 Å². The average molecular weight is 924 g/mol. The zero-order chi connectivity index (χ0) is 45.1. The van der Waals surface area contributed by atoms with Crippen molar-refractivity contribution in [2.75, 3.05) is 21.3 Å². The van der Waals surface area contributed by atoms with E-state index in [0.717, 1.165) is 0 Å². The molecule has 0 bridgehead atoms. The molecule has 5 rings (SSSR count). The second kappa shape index (κ2) is 17.1. The molecule has 0 aliphatic carbocycles. The van der Waals surface area contributed by atoms with Crippen LogP contribution >= 0.6 is 0 Å². The minimum atomic E-state index is -4.98. The third kappa shape index (κ3) is 11.9. The Morgan fingerprint density at radius 1 is 0.492 bits per heavy atom. The second-order valence-corrected chi connectivity index (χ2v) is 17.2. The first-order valence-electron chi connectivity index (χ1n) is 15.7. The molecule has 0 radical (unpaired) electrons. The predicted molar refractivity (Wildman–Crippen MR) is 208 cm³/mol. The van der Waals surface area contributed by atoms with E-state index in [1.165, 1.54) is 36.4 Å². The first-order chi connectivity index (χ1) is 28.3. The minimum absolute atomic E-state index is 0.0770. The number of rotatable bonds is 14. The summed E-state index contributed by atoms with van der Waals surface area (Å²) in [6.07, 6.45) is 0. The van der Waals surface area contributed by atoms with Gasteiger partial charge in [-0.1, -0.05) is 0 Å². The number of nitrogens with two attached hydrogens (primary N) is 2. The van der Waals surface area contributed by atoms with E-state index in [1.807, 2.05) is 0 Å². The van der Waals surface area contributed by atoms with Crippen LogP contribution in [-0.2, 0) is 40.5 Å². The van der Waals surface area contributed by atoms with Crippen molar-refractivity contribution in [2.24, 2.45) is 31.9 Å². The molecule has 5 aromatic rings. The molecule has 0 aliphatic heterocycles. The van der Waals surface area contributed by atoms with Gasteiger partial charge in [0.25, 0.3) is 40.5 Å². The highest BCUT2D eigenvalue weighted by Crippen LogP contribution is 2.36. The van der Waals surface area contributed by atoms with E-state index in [9.17, 15) is 66.6 Å². The number of nitrogens with one attached hydrogen (secondary N) is 4. The van der Waals surface area contributed by atoms with Gasteiger partial charge in [0.1, 0.15) is 32.5 Å². The van der Waals surface area contributed by atoms with Crippen molar-refractivity contribution in [3.63, 3.8) is 0 Å². The fourth-order valence-electron chi connectivity index (χ4n) is 4.73. The molecule has 0 atom stereocenters. The SMILES string of the molecule is NC(=O)Nc1cc(Nc2nc(O)nc(Nc3ccc(N=Nc4cc(S(=O)(=O)O)ccc4S(=O)(=O)O)c(NC(N)=O)c3)n2)ccc1N=Nc1cc(S(=O)(=O)O)ccc1S(=O)(=O)O. The number of urea groups is 2. The van der Waals surface area contributed by atoms with Crippen molar-refractivity contribution in [3.05, 3.63) is 72.8 Å². The number of aromatic nitrogens is 3. The summed E-state index contributed by atoms with van der Waals surface area (Å²) in [4.78, 5) is 31.9. The summed E-state index contributed by atoms with van der Waals surface area (Å²) < 4.78 is 132. The topological polar surface area (TPSA) is 460 Å². The number of hydrogen-bond acceptors (Lipinski definition) is 20. The van der Waals surface area contributed by atoms with Crippen molar-refractivity contribution in [1.82, 2.24) is 15.0 Å². The van der Waals surface area contributed by atoms with E-state index < -0.39 is 89.5 Å². The zero-order valence-corrected chi connectivity index (χ0v) is 32.9. The lowest BCUT2D eigenvalue weighted by atomic mass is 10.2. The Labute approximate surface area is 341 Å². The van der Waals surface area contributed by atoms with Gasteiger partial charge < -0.3 is 37.8 Å². The third-order valence-electron chi connectivity index (χ3n) is 7.19. The number of carbonyl (C=O) groups is 2. The molecule has 0 saturated carbocycles. The zero-order valence-electron chi connectivity index (χ0n) is 29.7. The molecule has 13 N–H and O–H groups in total. The van der Waals surface area contributed by atoms with Crippen molar-refractivity contribution >= 4 is 110 Å². The molecule has 0 aliphatic rings. The van der Waals surface area contributed by atoms with E-state index in [0.29, 0.717) is 36.4 Å². The Balaban J connectivity index is 1.44. The van der Waals surface area contributed by atoms with Crippen molar-refractivity contribution in [2.45, 2.75) is 19.6 Å². The van der Waals surface area contributed by atoms with Crippen molar-refractivity contribution < 1.29 is 66.6 Å². The van der Waals surface area contributed by atoms with Crippen LogP contribution in [0.15, 0.2) is 113 Å². The number of amides is 4. The molecule has 61 heavy (non-hydrogen) atoms. The monoisotopic (exact) mass is 923 g/mol. The highest BCUT2D eigenvalue weighted by atomic mass is 32.2. The summed E-state index contributed by atoms with van der Waals surface area (Å²) >= 11 is 0. The lowest BCUT2D eigenvalue weighted by molar-refractivity contribution is 0.258. The number of azo groups is 2. The minimum Gasteiger partial charge on any atom is -0.479 e. The maximum atomic E-state index is 11.9. The molecule has 1 aromatic heterocycles. The van der Waals surface area contributed by atoms with Gasteiger partial charge in [-0.3, -0.25) is 18.2 Å². The molecule has 320 valence electrons. The average Bonchev–Trinajstić information content (AvgIpc) is 3.12. The van der Waals surface area contributed by atoms with E-state index in [-0.39, 0.29) is 46.0 Å². The molecule has 32 heteroatoms. The van der Waals surface area contributed by atoms with Gasteiger partial charge in [0.05, 0.1) is 21.2 Å². The van der Waals surface area contributed by atoms with Gasteiger partial charge in [0, 0.05) is 11.4 Å². The highest BCUT2D eigenvalue weighted by molar-refractivity contribution is 7.87. The number of carbonyl (C=O) groups excluding carboxylic acids is 2. The summed E-state index contributed by atoms with van der Waals surface area (Å²) in [7, 11) is -19.7. The molecular weight excluding hydrogens is 899 g/mol. The van der Waals surface area contributed by atoms with Crippen LogP contribution in [0.2, 0.25) is 0 Å². The second-order valence-electron chi connectivity index (χ2n) is 11.5. The lowest BCUT2D eigenvalue weighted by Crippen LogP contribution is -2.19. The largest absolute Gasteiger partial charge is 0.479 e. The third-order valence-corrected chi connectivity index (χ3v) is 10.7. The maximum absolute atomic E-state index is 11.9. The fraction of sp³-hybridized carbons (Fsp3) is 0. The first-order valence-corrected chi connectivity index (χ1v) is 21.4. The van der Waals surface area contributed by atoms with Crippen molar-refractivity contribution in [1.29, 1.82) is 0 Å². The standard InChI is InChI=1S/C29H25N13O15S4/c30-25(43)34-19-9-13(1-5-17(19)39-41-21-11-15(58(46,47)48)3-7-23(21)60(52,53)54)32-27-36-28(38-29(45)37-27)33-14-2-6-18(20(10-14)35-26(31)44)40-42-22-12-16(59(49,50)51)4-8-24(22)61(55,56)57/h1-12H,(H3,30,34,43)(H3,31,35,44)(H,46,47,48)(H,49,50,51)(H,52,53,54)(H,55,56,57)(H3,32,33,36,37,38,45). The van der Waals surface area contributed by atoms with Crippen LogP contribution in [0.3, 0.4) is 0 Å². The molecule has 4 amide bonds. The van der Waals surface area contributed by atoms with E-state index in [1.54, 1.807) is 0 Å². The first kappa shape index (κ1) is 44.8. The number of anilines is 6. The predicted octanol–water partition coefficient (Wildman–Crippen LogP) is 3.86. The van der Waals surface area contributed by atoms with E-state index in [2.05, 4.69) is 56.7 Å². The summed E-state index contributed by atoms with van der Waals surface area (Å²) in [5, 5.41) is 35.1. The van der Waals surface area contributed by atoms with Crippen molar-refractivity contribution in [3.8, 4) is 6.01 Å². The molecule has 0 fully saturated rings. The Morgan fingerprint density at radius 2 is 0.852 bits per heavy atom. The van der Waals surface area contributed by atoms with Crippen LogP contribution in [0, 0.1) is 0 Å². The number of primary amides is 2. The van der Waals surface area contributed by atoms with Crippen LogP contribution in [0.5, 0.6) is 6.01 Å². The van der Waals surface area contributed by atoms with E-state index >= 15 is 0 Å². The molecule has 28 nitrogen and oxygen atoms in total. The number of benzene rings is 4. The Bertz CT molecular complexity index is 2930. The van der Waals surface area contributed by atoms with Gasteiger partial charge in [0.2, 0.25) is 11.9 Å². The van der Waals surface area contributed by atoms with Gasteiger partial charge in [-0.15, -0.1) is 20.5 Å². The van der Waals surface area contributed by atoms with Gasteiger partial charge in [0.15, 0.2) is 0 Å². The summed E-state index contributed by atoms with van der Waals surface area (Å²) in [6.45, 7) is 0. The number of aromatic hydroxyl groups is 1. The van der Waals surface area contributed by atoms with Crippen LogP contribution in [-0.4, -0.2) is 84.0 Å². The summed E-state index contributed by atoms with van der Waals surface area (Å²) in [5.41, 5.74) is 8.45.